The fourth-order valence-electron chi connectivity index (χ4n) is 2.71. The average molecular weight is 341 g/mol. The van der Waals surface area contributed by atoms with E-state index in [2.05, 4.69) is 17.1 Å². The molecule has 1 aromatic rings. The minimum absolute atomic E-state index is 0.0881. The summed E-state index contributed by atoms with van der Waals surface area (Å²) in [6, 6.07) is 7.96. The molecule has 1 fully saturated rings. The standard InChI is InChI=1S/C17H25ClN2OS/c1-3-10-20-11-8-15(9-12-20)19-17(21)13(2)22-16-6-4-14(18)5-7-16/h4-7,13,15H,3,8-12H2,1-2H3,(H,19,21). The minimum Gasteiger partial charge on any atom is -0.352 e. The maximum absolute atomic E-state index is 12.3. The second kappa shape index (κ2) is 8.80. The van der Waals surface area contributed by atoms with Crippen LogP contribution in [0, 0.1) is 0 Å². The highest BCUT2D eigenvalue weighted by atomic mass is 35.5. The van der Waals surface area contributed by atoms with Gasteiger partial charge in [-0.25, -0.2) is 0 Å². The molecule has 1 aliphatic rings. The van der Waals surface area contributed by atoms with Crippen LogP contribution in [0.4, 0.5) is 0 Å². The molecule has 1 saturated heterocycles. The molecule has 1 aliphatic heterocycles. The first-order valence-corrected chi connectivity index (χ1v) is 9.29. The Morgan fingerprint density at radius 2 is 2.00 bits per heavy atom. The lowest BCUT2D eigenvalue weighted by atomic mass is 10.0. The molecule has 5 heteroatoms. The Morgan fingerprint density at radius 3 is 2.59 bits per heavy atom. The van der Waals surface area contributed by atoms with Crippen molar-refractivity contribution in [3.63, 3.8) is 0 Å². The molecule has 1 heterocycles. The normalized spacial score (nSPS) is 18.1. The number of halogens is 1. The van der Waals surface area contributed by atoms with Gasteiger partial charge in [0, 0.05) is 29.0 Å². The Balaban J connectivity index is 1.76. The van der Waals surface area contributed by atoms with E-state index >= 15 is 0 Å². The maximum atomic E-state index is 12.3. The van der Waals surface area contributed by atoms with Gasteiger partial charge in [-0.15, -0.1) is 11.8 Å². The van der Waals surface area contributed by atoms with Crippen molar-refractivity contribution in [2.24, 2.45) is 0 Å². The third kappa shape index (κ3) is 5.49. The molecular weight excluding hydrogens is 316 g/mol. The predicted octanol–water partition coefficient (Wildman–Crippen LogP) is 3.81. The third-order valence-electron chi connectivity index (χ3n) is 3.97. The summed E-state index contributed by atoms with van der Waals surface area (Å²) < 4.78 is 0. The van der Waals surface area contributed by atoms with Gasteiger partial charge in [-0.3, -0.25) is 4.79 Å². The van der Waals surface area contributed by atoms with Crippen molar-refractivity contribution in [1.29, 1.82) is 0 Å². The van der Waals surface area contributed by atoms with E-state index in [4.69, 9.17) is 11.6 Å². The van der Waals surface area contributed by atoms with Gasteiger partial charge < -0.3 is 10.2 Å². The van der Waals surface area contributed by atoms with E-state index < -0.39 is 0 Å². The van der Waals surface area contributed by atoms with Crippen molar-refractivity contribution in [1.82, 2.24) is 10.2 Å². The molecule has 1 aromatic carbocycles. The molecule has 0 spiro atoms. The minimum atomic E-state index is -0.0881. The number of amides is 1. The topological polar surface area (TPSA) is 32.3 Å². The lowest BCUT2D eigenvalue weighted by Gasteiger charge is -2.32. The predicted molar refractivity (Wildman–Crippen MR) is 94.7 cm³/mol. The lowest BCUT2D eigenvalue weighted by Crippen LogP contribution is -2.46. The summed E-state index contributed by atoms with van der Waals surface area (Å²) >= 11 is 7.46. The number of likely N-dealkylation sites (tertiary alicyclic amines) is 1. The number of piperidine rings is 1. The van der Waals surface area contributed by atoms with Crippen molar-refractivity contribution in [2.75, 3.05) is 19.6 Å². The maximum Gasteiger partial charge on any atom is 0.233 e. The van der Waals surface area contributed by atoms with E-state index in [9.17, 15) is 4.79 Å². The highest BCUT2D eigenvalue weighted by molar-refractivity contribution is 8.00. The monoisotopic (exact) mass is 340 g/mol. The van der Waals surface area contributed by atoms with Crippen LogP contribution in [-0.2, 0) is 4.79 Å². The molecule has 0 aliphatic carbocycles. The summed E-state index contributed by atoms with van der Waals surface area (Å²) in [6.45, 7) is 7.53. The summed E-state index contributed by atoms with van der Waals surface area (Å²) in [5.74, 6) is 0.133. The molecule has 1 amide bonds. The van der Waals surface area contributed by atoms with E-state index in [-0.39, 0.29) is 11.2 Å². The van der Waals surface area contributed by atoms with Crippen LogP contribution in [0.2, 0.25) is 5.02 Å². The molecule has 1 unspecified atom stereocenters. The van der Waals surface area contributed by atoms with Gasteiger partial charge in [0.2, 0.25) is 5.91 Å². The van der Waals surface area contributed by atoms with Gasteiger partial charge in [0.15, 0.2) is 0 Å². The molecule has 1 N–H and O–H groups in total. The summed E-state index contributed by atoms with van der Waals surface area (Å²) in [4.78, 5) is 15.9. The molecule has 0 aromatic heterocycles. The molecule has 2 rings (SSSR count). The Labute approximate surface area is 142 Å². The highest BCUT2D eigenvalue weighted by Gasteiger charge is 2.22. The first-order chi connectivity index (χ1) is 10.6. The molecule has 0 radical (unpaired) electrons. The van der Waals surface area contributed by atoms with Gasteiger partial charge in [-0.05, 0) is 57.0 Å². The van der Waals surface area contributed by atoms with Gasteiger partial charge >= 0.3 is 0 Å². The molecule has 0 saturated carbocycles. The Hall–Kier alpha value is -0.710. The molecule has 22 heavy (non-hydrogen) atoms. The zero-order chi connectivity index (χ0) is 15.9. The zero-order valence-electron chi connectivity index (χ0n) is 13.3. The molecular formula is C17H25ClN2OS. The Kier molecular flexibility index (Phi) is 7.06. The Morgan fingerprint density at radius 1 is 1.36 bits per heavy atom. The van der Waals surface area contributed by atoms with Crippen molar-refractivity contribution in [3.8, 4) is 0 Å². The van der Waals surface area contributed by atoms with Gasteiger partial charge in [-0.2, -0.15) is 0 Å². The summed E-state index contributed by atoms with van der Waals surface area (Å²) in [5.41, 5.74) is 0. The van der Waals surface area contributed by atoms with E-state index in [0.29, 0.717) is 6.04 Å². The van der Waals surface area contributed by atoms with Gasteiger partial charge in [0.25, 0.3) is 0 Å². The lowest BCUT2D eigenvalue weighted by molar-refractivity contribution is -0.121. The molecule has 0 bridgehead atoms. The average Bonchev–Trinajstić information content (AvgIpc) is 2.51. The number of benzene rings is 1. The van der Waals surface area contributed by atoms with Crippen LogP contribution in [0.15, 0.2) is 29.2 Å². The smallest absolute Gasteiger partial charge is 0.233 e. The number of rotatable bonds is 6. The van der Waals surface area contributed by atoms with Gasteiger partial charge in [-0.1, -0.05) is 18.5 Å². The third-order valence-corrected chi connectivity index (χ3v) is 5.33. The quantitative estimate of drug-likeness (QED) is 0.799. The number of thioether (sulfide) groups is 1. The van der Waals surface area contributed by atoms with E-state index in [1.807, 2.05) is 31.2 Å². The first kappa shape index (κ1) is 17.6. The zero-order valence-corrected chi connectivity index (χ0v) is 14.9. The van der Waals surface area contributed by atoms with Crippen LogP contribution in [-0.4, -0.2) is 41.7 Å². The summed E-state index contributed by atoms with van der Waals surface area (Å²) in [5, 5.41) is 3.83. The van der Waals surface area contributed by atoms with E-state index in [1.54, 1.807) is 11.8 Å². The summed E-state index contributed by atoms with van der Waals surface area (Å²) in [7, 11) is 0. The number of nitrogens with zero attached hydrogens (tertiary/aromatic N) is 1. The van der Waals surface area contributed by atoms with Crippen molar-refractivity contribution in [2.45, 2.75) is 49.3 Å². The van der Waals surface area contributed by atoms with E-state index in [0.717, 1.165) is 35.8 Å². The first-order valence-electron chi connectivity index (χ1n) is 8.03. The number of hydrogen-bond acceptors (Lipinski definition) is 3. The van der Waals surface area contributed by atoms with E-state index in [1.165, 1.54) is 13.0 Å². The van der Waals surface area contributed by atoms with Gasteiger partial charge in [0.05, 0.1) is 5.25 Å². The molecule has 3 nitrogen and oxygen atoms in total. The number of carbonyl (C=O) groups excluding carboxylic acids is 1. The fourth-order valence-corrected chi connectivity index (χ4v) is 3.71. The molecule has 122 valence electrons. The van der Waals surface area contributed by atoms with Crippen LogP contribution in [0.3, 0.4) is 0 Å². The van der Waals surface area contributed by atoms with Crippen molar-refractivity contribution in [3.05, 3.63) is 29.3 Å². The number of nitrogens with one attached hydrogen (secondary N) is 1. The SMILES string of the molecule is CCCN1CCC(NC(=O)C(C)Sc2ccc(Cl)cc2)CC1. The van der Waals surface area contributed by atoms with Crippen LogP contribution in [0.25, 0.3) is 0 Å². The number of carbonyl (C=O) groups is 1. The van der Waals surface area contributed by atoms with Crippen LogP contribution in [0.1, 0.15) is 33.1 Å². The fraction of sp³-hybridized carbons (Fsp3) is 0.588. The molecule has 1 atom stereocenters. The Bertz CT molecular complexity index is 472. The van der Waals surface area contributed by atoms with Crippen molar-refractivity contribution >= 4 is 29.3 Å². The van der Waals surface area contributed by atoms with Crippen LogP contribution < -0.4 is 5.32 Å². The van der Waals surface area contributed by atoms with Crippen molar-refractivity contribution < 1.29 is 4.79 Å². The highest BCUT2D eigenvalue weighted by Crippen LogP contribution is 2.25. The summed E-state index contributed by atoms with van der Waals surface area (Å²) in [6.07, 6.45) is 3.32. The van der Waals surface area contributed by atoms with Crippen LogP contribution in [0.5, 0.6) is 0 Å². The largest absolute Gasteiger partial charge is 0.352 e. The van der Waals surface area contributed by atoms with Gasteiger partial charge in [0.1, 0.15) is 0 Å². The second-order valence-electron chi connectivity index (χ2n) is 5.84. The second-order valence-corrected chi connectivity index (χ2v) is 7.69. The van der Waals surface area contributed by atoms with Crippen LogP contribution >= 0.6 is 23.4 Å². The number of hydrogen-bond donors (Lipinski definition) is 1.